The van der Waals surface area contributed by atoms with Crippen molar-refractivity contribution in [3.63, 3.8) is 0 Å². The van der Waals surface area contributed by atoms with Crippen LogP contribution in [0.4, 0.5) is 11.4 Å². The summed E-state index contributed by atoms with van der Waals surface area (Å²) in [6, 6.07) is 13.3. The molecule has 1 aliphatic heterocycles. The Morgan fingerprint density at radius 3 is 2.50 bits per heavy atom. The first-order valence-corrected chi connectivity index (χ1v) is 13.5. The van der Waals surface area contributed by atoms with Gasteiger partial charge >= 0.3 is 5.97 Å². The Labute approximate surface area is 230 Å². The number of fused-ring (bicyclic) bond motifs is 2. The maximum Gasteiger partial charge on any atom is 0.323 e. The molecule has 1 amide bonds. The van der Waals surface area contributed by atoms with Gasteiger partial charge in [-0.05, 0) is 62.1 Å². The number of hydrogen-bond acceptors (Lipinski definition) is 6. The van der Waals surface area contributed by atoms with Crippen LogP contribution >= 0.6 is 23.2 Å². The molecule has 0 unspecified atom stereocenters. The van der Waals surface area contributed by atoms with Gasteiger partial charge in [-0.3, -0.25) is 9.59 Å². The Balaban J connectivity index is 1.13. The Hall–Kier alpha value is -3.07. The third-order valence-electron chi connectivity index (χ3n) is 7.83. The molecule has 2 heterocycles. The molecule has 1 N–H and O–H groups in total. The molecular formula is C28H27Cl2N3O5. The fourth-order valence-electron chi connectivity index (χ4n) is 5.84. The van der Waals surface area contributed by atoms with Crippen LogP contribution in [0.25, 0.3) is 11.3 Å². The molecule has 3 fully saturated rings. The molecule has 10 heteroatoms. The highest BCUT2D eigenvalue weighted by Crippen LogP contribution is 2.47. The Kier molecular flexibility index (Phi) is 6.80. The first kappa shape index (κ1) is 25.2. The summed E-state index contributed by atoms with van der Waals surface area (Å²) in [6.45, 7) is 0.915. The highest BCUT2D eigenvalue weighted by molar-refractivity contribution is 6.39. The summed E-state index contributed by atoms with van der Waals surface area (Å²) in [5, 5.41) is 14.4. The number of ether oxygens (including phenoxy) is 1. The number of hydrogen-bond donors (Lipinski definition) is 1. The topological polar surface area (TPSA) is 96.1 Å². The van der Waals surface area contributed by atoms with Gasteiger partial charge < -0.3 is 24.2 Å². The lowest BCUT2D eigenvalue weighted by molar-refractivity contribution is -0.136. The van der Waals surface area contributed by atoms with Gasteiger partial charge in [0.1, 0.15) is 18.0 Å². The van der Waals surface area contributed by atoms with Gasteiger partial charge in [0.2, 0.25) is 6.41 Å². The van der Waals surface area contributed by atoms with E-state index < -0.39 is 5.97 Å². The molecule has 2 bridgehead atoms. The van der Waals surface area contributed by atoms with Crippen molar-refractivity contribution < 1.29 is 24.0 Å². The second-order valence-electron chi connectivity index (χ2n) is 10.3. The van der Waals surface area contributed by atoms with Crippen molar-refractivity contribution >= 4 is 47.0 Å². The molecule has 0 spiro atoms. The quantitative estimate of drug-likeness (QED) is 0.318. The molecule has 1 saturated heterocycles. The van der Waals surface area contributed by atoms with Gasteiger partial charge in [0.15, 0.2) is 0 Å². The second-order valence-corrected chi connectivity index (χ2v) is 11.1. The van der Waals surface area contributed by atoms with E-state index in [4.69, 9.17) is 37.6 Å². The lowest BCUT2D eigenvalue weighted by atomic mass is 10.0. The fraction of sp³-hybridized carbons (Fsp3) is 0.393. The number of aliphatic carboxylic acids is 1. The van der Waals surface area contributed by atoms with Gasteiger partial charge in [-0.2, -0.15) is 0 Å². The van der Waals surface area contributed by atoms with Crippen molar-refractivity contribution in [1.82, 2.24) is 5.16 Å². The molecule has 3 atom stereocenters. The van der Waals surface area contributed by atoms with Crippen molar-refractivity contribution in [3.8, 4) is 11.3 Å². The molecule has 1 aromatic heterocycles. The van der Waals surface area contributed by atoms with Crippen LogP contribution in [0.2, 0.25) is 10.0 Å². The van der Waals surface area contributed by atoms with Gasteiger partial charge in [0.05, 0.1) is 22.8 Å². The van der Waals surface area contributed by atoms with Crippen molar-refractivity contribution in [1.29, 1.82) is 0 Å². The van der Waals surface area contributed by atoms with E-state index in [-0.39, 0.29) is 12.6 Å². The van der Waals surface area contributed by atoms with E-state index in [0.717, 1.165) is 49.2 Å². The summed E-state index contributed by atoms with van der Waals surface area (Å²) in [5.74, 6) is 0.602. The number of rotatable bonds is 10. The highest BCUT2D eigenvalue weighted by atomic mass is 35.5. The van der Waals surface area contributed by atoms with E-state index >= 15 is 0 Å². The van der Waals surface area contributed by atoms with Crippen LogP contribution in [0, 0.1) is 5.92 Å². The molecule has 2 aromatic carbocycles. The number of halogens is 2. The number of carbonyl (C=O) groups is 2. The Morgan fingerprint density at radius 2 is 1.89 bits per heavy atom. The minimum atomic E-state index is -1.05. The third kappa shape index (κ3) is 4.77. The van der Waals surface area contributed by atoms with E-state index in [2.05, 4.69) is 10.1 Å². The van der Waals surface area contributed by atoms with Gasteiger partial charge in [-0.25, -0.2) is 0 Å². The van der Waals surface area contributed by atoms with Crippen LogP contribution in [0.1, 0.15) is 42.9 Å². The van der Waals surface area contributed by atoms with Crippen LogP contribution < -0.4 is 9.80 Å². The zero-order valence-electron chi connectivity index (χ0n) is 20.6. The third-order valence-corrected chi connectivity index (χ3v) is 8.46. The molecule has 8 nitrogen and oxygen atoms in total. The second kappa shape index (κ2) is 10.2. The lowest BCUT2D eigenvalue weighted by Crippen LogP contribution is -2.38. The highest BCUT2D eigenvalue weighted by Gasteiger charge is 2.45. The number of amides is 1. The summed E-state index contributed by atoms with van der Waals surface area (Å²) in [4.78, 5) is 25.8. The number of carboxylic acids is 1. The maximum absolute atomic E-state index is 11.3. The average molecular weight is 556 g/mol. The van der Waals surface area contributed by atoms with Gasteiger partial charge in [0.25, 0.3) is 0 Å². The first-order chi connectivity index (χ1) is 18.4. The molecule has 3 aromatic rings. The van der Waals surface area contributed by atoms with Crippen LogP contribution in [-0.4, -0.2) is 47.9 Å². The van der Waals surface area contributed by atoms with Crippen LogP contribution in [-0.2, 0) is 20.9 Å². The largest absolute Gasteiger partial charge is 0.480 e. The normalized spacial score (nSPS) is 22.2. The van der Waals surface area contributed by atoms with E-state index in [9.17, 15) is 9.59 Å². The summed E-state index contributed by atoms with van der Waals surface area (Å²) < 4.78 is 12.3. The minimum Gasteiger partial charge on any atom is -0.480 e. The van der Waals surface area contributed by atoms with Gasteiger partial charge in [-0.1, -0.05) is 34.4 Å². The van der Waals surface area contributed by atoms with Gasteiger partial charge in [0, 0.05) is 46.9 Å². The number of piperidine rings is 1. The monoisotopic (exact) mass is 555 g/mol. The van der Waals surface area contributed by atoms with E-state index in [1.807, 2.05) is 18.2 Å². The Bertz CT molecular complexity index is 1340. The average Bonchev–Trinajstić information content (AvgIpc) is 3.35. The Morgan fingerprint density at radius 1 is 1.16 bits per heavy atom. The van der Waals surface area contributed by atoms with Crippen molar-refractivity contribution in [3.05, 3.63) is 63.8 Å². The fourth-order valence-corrected chi connectivity index (χ4v) is 6.41. The summed E-state index contributed by atoms with van der Waals surface area (Å²) in [6.07, 6.45) is 4.81. The van der Waals surface area contributed by atoms with Crippen molar-refractivity contribution in [2.75, 3.05) is 22.9 Å². The number of benzene rings is 2. The molecule has 38 heavy (non-hydrogen) atoms. The minimum absolute atomic E-state index is 0.133. The lowest BCUT2D eigenvalue weighted by Gasteiger charge is -2.33. The molecule has 0 radical (unpaired) electrons. The summed E-state index contributed by atoms with van der Waals surface area (Å²) in [7, 11) is 0. The van der Waals surface area contributed by atoms with Crippen molar-refractivity contribution in [2.45, 2.75) is 50.4 Å². The first-order valence-electron chi connectivity index (χ1n) is 12.8. The maximum atomic E-state index is 11.3. The van der Waals surface area contributed by atoms with Crippen molar-refractivity contribution in [2.24, 2.45) is 5.92 Å². The number of aromatic nitrogens is 1. The molecule has 198 valence electrons. The zero-order chi connectivity index (χ0) is 26.4. The number of anilines is 2. The van der Waals surface area contributed by atoms with Crippen LogP contribution in [0.5, 0.6) is 0 Å². The van der Waals surface area contributed by atoms with E-state index in [1.54, 1.807) is 24.3 Å². The molecule has 2 saturated carbocycles. The smallest absolute Gasteiger partial charge is 0.323 e. The predicted octanol–water partition coefficient (Wildman–Crippen LogP) is 5.76. The molecule has 3 aliphatic rings. The standard InChI is InChI=1S/C28H27Cl2N3O5/c29-22-2-1-3-23(30)26(22)27-21(28(38-31-27)16-4-5-16)14-37-24-11-20-10-17(24)12-33(20)19-8-6-18(7-9-19)32(15-34)13-25(35)36/h1-3,6-9,15-17,20,24H,4-5,10-14H2,(H,35,36)/t17-,20-,24+/m0/s1. The number of carbonyl (C=O) groups excluding carboxylic acids is 1. The molecule has 6 rings (SSSR count). The summed E-state index contributed by atoms with van der Waals surface area (Å²) in [5.41, 5.74) is 3.92. The SMILES string of the molecule is O=CN(CC(=O)O)c1ccc(N2C[C@@H]3C[C@H]2C[C@H]3OCc2c(-c3c(Cl)cccc3Cl)noc2C2CC2)cc1. The number of carboxylic acid groups (broad SMARTS) is 1. The van der Waals surface area contributed by atoms with Crippen LogP contribution in [0.15, 0.2) is 47.0 Å². The molecule has 2 aliphatic carbocycles. The predicted molar refractivity (Wildman–Crippen MR) is 144 cm³/mol. The summed E-state index contributed by atoms with van der Waals surface area (Å²) >= 11 is 13.0. The van der Waals surface area contributed by atoms with E-state index in [0.29, 0.717) is 57.9 Å². The zero-order valence-corrected chi connectivity index (χ0v) is 22.1. The number of nitrogens with zero attached hydrogens (tertiary/aromatic N) is 3. The van der Waals surface area contributed by atoms with E-state index in [1.165, 1.54) is 4.90 Å². The van der Waals surface area contributed by atoms with Gasteiger partial charge in [-0.15, -0.1) is 0 Å². The molecular weight excluding hydrogens is 529 g/mol. The van der Waals surface area contributed by atoms with Crippen LogP contribution in [0.3, 0.4) is 0 Å².